The van der Waals surface area contributed by atoms with E-state index in [0.717, 1.165) is 6.42 Å². The summed E-state index contributed by atoms with van der Waals surface area (Å²) in [5, 5.41) is 3.78. The van der Waals surface area contributed by atoms with Crippen LogP contribution in [0.15, 0.2) is 28.7 Å². The van der Waals surface area contributed by atoms with Crippen LogP contribution in [0.2, 0.25) is 0 Å². The minimum Gasteiger partial charge on any atom is -0.311 e. The fourth-order valence-corrected chi connectivity index (χ4v) is 3.73. The Hall–Kier alpha value is -0.340. The van der Waals surface area contributed by atoms with Gasteiger partial charge in [0.25, 0.3) is 0 Å². The molecule has 0 bridgehead atoms. The van der Waals surface area contributed by atoms with Crippen LogP contribution in [-0.2, 0) is 6.42 Å². The van der Waals surface area contributed by atoms with Crippen LogP contribution in [0.1, 0.15) is 45.6 Å². The first kappa shape index (κ1) is 14.1. The Labute approximate surface area is 119 Å². The molecule has 0 aliphatic carbocycles. The number of hydrogen-bond donors (Lipinski definition) is 1. The standard InChI is InChI=1S/C16H24BrN/c1-15(2,3)12-16(8-5-9-18-16)11-13-6-4-7-14(17)10-13/h4,6-7,10,18H,5,8-9,11-12H2,1-3H3. The molecule has 2 rings (SSSR count). The average Bonchev–Trinajstić information content (AvgIpc) is 2.63. The summed E-state index contributed by atoms with van der Waals surface area (Å²) in [7, 11) is 0. The number of nitrogens with one attached hydrogen (secondary N) is 1. The molecule has 1 aliphatic heterocycles. The van der Waals surface area contributed by atoms with E-state index in [1.54, 1.807) is 0 Å². The molecule has 1 aliphatic rings. The fourth-order valence-electron chi connectivity index (χ4n) is 3.29. The van der Waals surface area contributed by atoms with Crippen molar-refractivity contribution < 1.29 is 0 Å². The van der Waals surface area contributed by atoms with Gasteiger partial charge in [0.05, 0.1) is 0 Å². The Bertz CT molecular complexity index is 400. The number of rotatable bonds is 3. The molecule has 100 valence electrons. The Balaban J connectivity index is 2.16. The first-order chi connectivity index (χ1) is 8.39. The summed E-state index contributed by atoms with van der Waals surface area (Å²) in [6, 6.07) is 8.74. The van der Waals surface area contributed by atoms with Gasteiger partial charge in [0, 0.05) is 10.0 Å². The Morgan fingerprint density at radius 2 is 2.11 bits per heavy atom. The van der Waals surface area contributed by atoms with Crippen molar-refractivity contribution in [1.29, 1.82) is 0 Å². The van der Waals surface area contributed by atoms with Crippen LogP contribution in [0.3, 0.4) is 0 Å². The van der Waals surface area contributed by atoms with Crippen molar-refractivity contribution in [3.63, 3.8) is 0 Å². The van der Waals surface area contributed by atoms with E-state index in [0.29, 0.717) is 11.0 Å². The second-order valence-corrected chi connectivity index (χ2v) is 7.77. The topological polar surface area (TPSA) is 12.0 Å². The summed E-state index contributed by atoms with van der Waals surface area (Å²) in [4.78, 5) is 0. The van der Waals surface area contributed by atoms with Crippen LogP contribution >= 0.6 is 15.9 Å². The van der Waals surface area contributed by atoms with E-state index in [9.17, 15) is 0 Å². The third-order valence-electron chi connectivity index (χ3n) is 3.63. The Morgan fingerprint density at radius 3 is 2.67 bits per heavy atom. The molecule has 1 fully saturated rings. The van der Waals surface area contributed by atoms with Crippen LogP contribution in [-0.4, -0.2) is 12.1 Å². The molecule has 0 aromatic heterocycles. The highest BCUT2D eigenvalue weighted by molar-refractivity contribution is 9.10. The van der Waals surface area contributed by atoms with Gasteiger partial charge in [0.15, 0.2) is 0 Å². The molecular weight excluding hydrogens is 286 g/mol. The van der Waals surface area contributed by atoms with Crippen molar-refractivity contribution in [1.82, 2.24) is 5.32 Å². The van der Waals surface area contributed by atoms with Crippen LogP contribution in [0.5, 0.6) is 0 Å². The van der Waals surface area contributed by atoms with Gasteiger partial charge in [-0.25, -0.2) is 0 Å². The van der Waals surface area contributed by atoms with Gasteiger partial charge in [0.1, 0.15) is 0 Å². The SMILES string of the molecule is CC(C)(C)CC1(Cc2cccc(Br)c2)CCCN1. The molecule has 1 aromatic rings. The summed E-state index contributed by atoms with van der Waals surface area (Å²) in [5.41, 5.74) is 2.12. The summed E-state index contributed by atoms with van der Waals surface area (Å²) in [5.74, 6) is 0. The highest BCUT2D eigenvalue weighted by Crippen LogP contribution is 2.36. The lowest BCUT2D eigenvalue weighted by atomic mass is 9.76. The van der Waals surface area contributed by atoms with E-state index in [1.165, 1.54) is 35.8 Å². The van der Waals surface area contributed by atoms with Gasteiger partial charge < -0.3 is 5.32 Å². The van der Waals surface area contributed by atoms with Crippen LogP contribution in [0.4, 0.5) is 0 Å². The lowest BCUT2D eigenvalue weighted by Crippen LogP contribution is -2.44. The molecule has 0 spiro atoms. The first-order valence-electron chi connectivity index (χ1n) is 6.88. The zero-order valence-corrected chi connectivity index (χ0v) is 13.3. The molecule has 1 atom stereocenters. The van der Waals surface area contributed by atoms with Gasteiger partial charge in [-0.05, 0) is 55.3 Å². The van der Waals surface area contributed by atoms with E-state index in [4.69, 9.17) is 0 Å². The summed E-state index contributed by atoms with van der Waals surface area (Å²) < 4.78 is 1.18. The van der Waals surface area contributed by atoms with Crippen molar-refractivity contribution in [3.05, 3.63) is 34.3 Å². The molecule has 0 radical (unpaired) electrons. The van der Waals surface area contributed by atoms with Crippen molar-refractivity contribution in [2.75, 3.05) is 6.54 Å². The van der Waals surface area contributed by atoms with Gasteiger partial charge >= 0.3 is 0 Å². The summed E-state index contributed by atoms with van der Waals surface area (Å²) in [6.07, 6.45) is 5.00. The third kappa shape index (κ3) is 3.83. The molecule has 1 saturated heterocycles. The zero-order valence-electron chi connectivity index (χ0n) is 11.7. The molecule has 1 nitrogen and oxygen atoms in total. The first-order valence-corrected chi connectivity index (χ1v) is 7.67. The average molecular weight is 310 g/mol. The number of benzene rings is 1. The largest absolute Gasteiger partial charge is 0.311 e. The molecule has 1 N–H and O–H groups in total. The molecule has 0 saturated carbocycles. The van der Waals surface area contributed by atoms with E-state index in [2.05, 4.69) is 66.3 Å². The predicted octanol–water partition coefficient (Wildman–Crippen LogP) is 4.55. The van der Waals surface area contributed by atoms with Crippen molar-refractivity contribution in [3.8, 4) is 0 Å². The molecule has 0 amide bonds. The van der Waals surface area contributed by atoms with Crippen LogP contribution in [0, 0.1) is 5.41 Å². The fraction of sp³-hybridized carbons (Fsp3) is 0.625. The van der Waals surface area contributed by atoms with Crippen molar-refractivity contribution in [2.24, 2.45) is 5.41 Å². The van der Waals surface area contributed by atoms with Crippen molar-refractivity contribution >= 4 is 15.9 Å². The molecular formula is C16H24BrN. The summed E-state index contributed by atoms with van der Waals surface area (Å²) in [6.45, 7) is 8.20. The minimum atomic E-state index is 0.305. The lowest BCUT2D eigenvalue weighted by Gasteiger charge is -2.36. The van der Waals surface area contributed by atoms with Crippen LogP contribution < -0.4 is 5.32 Å². The van der Waals surface area contributed by atoms with E-state index >= 15 is 0 Å². The molecule has 2 heteroatoms. The van der Waals surface area contributed by atoms with E-state index in [-0.39, 0.29) is 0 Å². The van der Waals surface area contributed by atoms with Crippen LogP contribution in [0.25, 0.3) is 0 Å². The maximum absolute atomic E-state index is 3.78. The number of hydrogen-bond acceptors (Lipinski definition) is 1. The molecule has 18 heavy (non-hydrogen) atoms. The molecule has 1 aromatic carbocycles. The van der Waals surface area contributed by atoms with Crippen molar-refractivity contribution in [2.45, 2.75) is 52.0 Å². The lowest BCUT2D eigenvalue weighted by molar-refractivity contribution is 0.229. The summed E-state index contributed by atoms with van der Waals surface area (Å²) >= 11 is 3.57. The molecule has 1 heterocycles. The van der Waals surface area contributed by atoms with E-state index < -0.39 is 0 Å². The highest BCUT2D eigenvalue weighted by atomic mass is 79.9. The van der Waals surface area contributed by atoms with Gasteiger partial charge in [-0.2, -0.15) is 0 Å². The minimum absolute atomic E-state index is 0.305. The predicted molar refractivity (Wildman–Crippen MR) is 81.9 cm³/mol. The zero-order chi connectivity index (χ0) is 13.2. The Kier molecular flexibility index (Phi) is 4.18. The highest BCUT2D eigenvalue weighted by Gasteiger charge is 2.36. The second-order valence-electron chi connectivity index (χ2n) is 6.85. The van der Waals surface area contributed by atoms with Gasteiger partial charge in [-0.15, -0.1) is 0 Å². The Morgan fingerprint density at radius 1 is 1.33 bits per heavy atom. The quantitative estimate of drug-likeness (QED) is 0.863. The van der Waals surface area contributed by atoms with Gasteiger partial charge in [-0.1, -0.05) is 48.8 Å². The van der Waals surface area contributed by atoms with E-state index in [1.807, 2.05) is 0 Å². The third-order valence-corrected chi connectivity index (χ3v) is 4.13. The smallest absolute Gasteiger partial charge is 0.0227 e. The van der Waals surface area contributed by atoms with Gasteiger partial charge in [-0.3, -0.25) is 0 Å². The maximum atomic E-state index is 3.78. The maximum Gasteiger partial charge on any atom is 0.0227 e. The number of halogens is 1. The van der Waals surface area contributed by atoms with Gasteiger partial charge in [0.2, 0.25) is 0 Å². The monoisotopic (exact) mass is 309 g/mol. The second kappa shape index (κ2) is 5.34. The molecule has 1 unspecified atom stereocenters. The normalized spacial score (nSPS) is 24.4.